The summed E-state index contributed by atoms with van der Waals surface area (Å²) in [5.74, 6) is 0.577. The molecule has 0 fully saturated rings. The first kappa shape index (κ1) is 14.2. The Morgan fingerprint density at radius 2 is 2.14 bits per heavy atom. The van der Waals surface area contributed by atoms with Crippen molar-refractivity contribution in [1.82, 2.24) is 0 Å². The Morgan fingerprint density at radius 3 is 2.86 bits per heavy atom. The zero-order valence-electron chi connectivity index (χ0n) is 11.5. The van der Waals surface area contributed by atoms with Crippen LogP contribution in [0.3, 0.4) is 0 Å². The predicted molar refractivity (Wildman–Crippen MR) is 80.5 cm³/mol. The van der Waals surface area contributed by atoms with Gasteiger partial charge in [-0.05, 0) is 42.3 Å². The maximum absolute atomic E-state index is 14.4. The normalized spacial score (nSPS) is 16.9. The standard InChI is InChI=1S/C16H15ClFNO2/c1-9-6-10(17)2-3-12(9)15-13(18)4-5-14-16(15)21-11(7-19)8-20-14/h2-6,11H,7-8,19H2,1H3/t11-/m0/s1. The quantitative estimate of drug-likeness (QED) is 0.922. The Hall–Kier alpha value is -1.78. The smallest absolute Gasteiger partial charge is 0.172 e. The van der Waals surface area contributed by atoms with Gasteiger partial charge in [0.1, 0.15) is 18.5 Å². The second-order valence-electron chi connectivity index (χ2n) is 5.00. The summed E-state index contributed by atoms with van der Waals surface area (Å²) in [4.78, 5) is 0. The van der Waals surface area contributed by atoms with Crippen LogP contribution in [0.2, 0.25) is 5.02 Å². The van der Waals surface area contributed by atoms with E-state index in [0.717, 1.165) is 11.1 Å². The second-order valence-corrected chi connectivity index (χ2v) is 5.43. The molecule has 3 rings (SSSR count). The van der Waals surface area contributed by atoms with Crippen LogP contribution >= 0.6 is 11.6 Å². The van der Waals surface area contributed by atoms with Crippen molar-refractivity contribution in [3.8, 4) is 22.6 Å². The summed E-state index contributed by atoms with van der Waals surface area (Å²) >= 11 is 5.97. The first-order valence-electron chi connectivity index (χ1n) is 6.68. The van der Waals surface area contributed by atoms with E-state index in [1.807, 2.05) is 6.92 Å². The number of benzene rings is 2. The van der Waals surface area contributed by atoms with Gasteiger partial charge in [0, 0.05) is 11.6 Å². The number of hydrogen-bond acceptors (Lipinski definition) is 3. The van der Waals surface area contributed by atoms with Crippen LogP contribution in [0.15, 0.2) is 30.3 Å². The van der Waals surface area contributed by atoms with Gasteiger partial charge in [0.05, 0.1) is 5.56 Å². The molecule has 1 aliphatic heterocycles. The fourth-order valence-corrected chi connectivity index (χ4v) is 2.65. The molecule has 0 aromatic heterocycles. The van der Waals surface area contributed by atoms with Gasteiger partial charge in [-0.1, -0.05) is 17.7 Å². The molecule has 3 nitrogen and oxygen atoms in total. The number of ether oxygens (including phenoxy) is 2. The summed E-state index contributed by atoms with van der Waals surface area (Å²) in [6.45, 7) is 2.56. The molecule has 0 bridgehead atoms. The first-order chi connectivity index (χ1) is 10.1. The Morgan fingerprint density at radius 1 is 1.33 bits per heavy atom. The molecule has 1 heterocycles. The average Bonchev–Trinajstić information content (AvgIpc) is 2.48. The number of halogens is 2. The molecule has 0 aliphatic carbocycles. The highest BCUT2D eigenvalue weighted by atomic mass is 35.5. The van der Waals surface area contributed by atoms with E-state index in [4.69, 9.17) is 26.8 Å². The van der Waals surface area contributed by atoms with E-state index in [0.29, 0.717) is 35.2 Å². The molecule has 5 heteroatoms. The van der Waals surface area contributed by atoms with E-state index in [1.165, 1.54) is 6.07 Å². The van der Waals surface area contributed by atoms with E-state index in [1.54, 1.807) is 24.3 Å². The predicted octanol–water partition coefficient (Wildman–Crippen LogP) is 3.55. The minimum atomic E-state index is -0.361. The summed E-state index contributed by atoms with van der Waals surface area (Å²) in [5.41, 5.74) is 7.61. The molecule has 21 heavy (non-hydrogen) atoms. The lowest BCUT2D eigenvalue weighted by Crippen LogP contribution is -2.36. The molecule has 0 spiro atoms. The minimum absolute atomic E-state index is 0.273. The molecular weight excluding hydrogens is 293 g/mol. The lowest BCUT2D eigenvalue weighted by Gasteiger charge is -2.28. The topological polar surface area (TPSA) is 44.5 Å². The third-order valence-electron chi connectivity index (χ3n) is 3.50. The SMILES string of the molecule is Cc1cc(Cl)ccc1-c1c(F)ccc2c1O[C@@H](CN)CO2. The van der Waals surface area contributed by atoms with Gasteiger partial charge in [0.25, 0.3) is 0 Å². The van der Waals surface area contributed by atoms with Gasteiger partial charge in [-0.3, -0.25) is 0 Å². The lowest BCUT2D eigenvalue weighted by molar-refractivity contribution is 0.0971. The van der Waals surface area contributed by atoms with Crippen LogP contribution in [-0.2, 0) is 0 Å². The number of rotatable bonds is 2. The van der Waals surface area contributed by atoms with Crippen molar-refractivity contribution in [1.29, 1.82) is 0 Å². The van der Waals surface area contributed by atoms with Crippen LogP contribution < -0.4 is 15.2 Å². The maximum atomic E-state index is 14.4. The van der Waals surface area contributed by atoms with Crippen molar-refractivity contribution in [2.45, 2.75) is 13.0 Å². The first-order valence-corrected chi connectivity index (χ1v) is 7.06. The molecule has 2 aromatic carbocycles. The molecule has 110 valence electrons. The number of hydrogen-bond donors (Lipinski definition) is 1. The van der Waals surface area contributed by atoms with Crippen LogP contribution in [0.1, 0.15) is 5.56 Å². The number of nitrogens with two attached hydrogens (primary N) is 1. The molecule has 0 radical (unpaired) electrons. The maximum Gasteiger partial charge on any atom is 0.172 e. The summed E-state index contributed by atoms with van der Waals surface area (Å²) in [6.07, 6.45) is -0.273. The second kappa shape index (κ2) is 5.54. The Balaban J connectivity index is 2.18. The van der Waals surface area contributed by atoms with Crippen molar-refractivity contribution in [3.63, 3.8) is 0 Å². The average molecular weight is 308 g/mol. The van der Waals surface area contributed by atoms with Crippen molar-refractivity contribution >= 4 is 11.6 Å². The van der Waals surface area contributed by atoms with Gasteiger partial charge in [0.15, 0.2) is 11.5 Å². The molecule has 0 unspecified atom stereocenters. The van der Waals surface area contributed by atoms with Crippen molar-refractivity contribution in [2.24, 2.45) is 5.73 Å². The fourth-order valence-electron chi connectivity index (χ4n) is 2.43. The third kappa shape index (κ3) is 2.57. The Bertz CT molecular complexity index is 690. The van der Waals surface area contributed by atoms with Gasteiger partial charge in [0.2, 0.25) is 0 Å². The number of fused-ring (bicyclic) bond motifs is 1. The summed E-state index contributed by atoms with van der Waals surface area (Å²) < 4.78 is 25.8. The zero-order valence-corrected chi connectivity index (χ0v) is 12.3. The molecule has 1 aliphatic rings. The zero-order chi connectivity index (χ0) is 15.0. The van der Waals surface area contributed by atoms with Crippen molar-refractivity contribution in [2.75, 3.05) is 13.2 Å². The summed E-state index contributed by atoms with van der Waals surface area (Å²) in [7, 11) is 0. The van der Waals surface area contributed by atoms with E-state index >= 15 is 0 Å². The summed E-state index contributed by atoms with van der Waals surface area (Å²) in [6, 6.07) is 8.26. The summed E-state index contributed by atoms with van der Waals surface area (Å²) in [5, 5.41) is 0.610. The van der Waals surface area contributed by atoms with Gasteiger partial charge in [-0.15, -0.1) is 0 Å². The lowest BCUT2D eigenvalue weighted by atomic mass is 9.98. The monoisotopic (exact) mass is 307 g/mol. The van der Waals surface area contributed by atoms with E-state index in [9.17, 15) is 4.39 Å². The van der Waals surface area contributed by atoms with Crippen LogP contribution in [0.5, 0.6) is 11.5 Å². The molecule has 2 aromatic rings. The van der Waals surface area contributed by atoms with E-state index < -0.39 is 0 Å². The Labute approximate surface area is 127 Å². The minimum Gasteiger partial charge on any atom is -0.486 e. The van der Waals surface area contributed by atoms with E-state index in [-0.39, 0.29) is 11.9 Å². The van der Waals surface area contributed by atoms with Crippen molar-refractivity contribution < 1.29 is 13.9 Å². The van der Waals surface area contributed by atoms with E-state index in [2.05, 4.69) is 0 Å². The highest BCUT2D eigenvalue weighted by Gasteiger charge is 2.26. The Kier molecular flexibility index (Phi) is 3.74. The molecule has 2 N–H and O–H groups in total. The van der Waals surface area contributed by atoms with Crippen molar-refractivity contribution in [3.05, 3.63) is 46.7 Å². The molecule has 0 saturated heterocycles. The van der Waals surface area contributed by atoms with Gasteiger partial charge >= 0.3 is 0 Å². The largest absolute Gasteiger partial charge is 0.486 e. The third-order valence-corrected chi connectivity index (χ3v) is 3.74. The number of aryl methyl sites for hydroxylation is 1. The fraction of sp³-hybridized carbons (Fsp3) is 0.250. The highest BCUT2D eigenvalue weighted by molar-refractivity contribution is 6.30. The van der Waals surface area contributed by atoms with Crippen LogP contribution in [0.25, 0.3) is 11.1 Å². The van der Waals surface area contributed by atoms with Gasteiger partial charge in [-0.25, -0.2) is 4.39 Å². The van der Waals surface area contributed by atoms with Crippen LogP contribution in [0, 0.1) is 12.7 Å². The molecular formula is C16H15ClFNO2. The van der Waals surface area contributed by atoms with Crippen LogP contribution in [-0.4, -0.2) is 19.3 Å². The molecule has 0 saturated carbocycles. The van der Waals surface area contributed by atoms with Gasteiger partial charge < -0.3 is 15.2 Å². The van der Waals surface area contributed by atoms with Crippen LogP contribution in [0.4, 0.5) is 4.39 Å². The van der Waals surface area contributed by atoms with Gasteiger partial charge in [-0.2, -0.15) is 0 Å². The highest BCUT2D eigenvalue weighted by Crippen LogP contribution is 2.43. The molecule has 1 atom stereocenters. The molecule has 0 amide bonds.